The Hall–Kier alpha value is -1.76. The van der Waals surface area contributed by atoms with Crippen molar-refractivity contribution in [3.63, 3.8) is 0 Å². The van der Waals surface area contributed by atoms with Crippen LogP contribution in [0.25, 0.3) is 0 Å². The Morgan fingerprint density at radius 3 is 1.79 bits per heavy atom. The number of benzene rings is 2. The van der Waals surface area contributed by atoms with Crippen LogP contribution in [0.4, 0.5) is 0 Å². The van der Waals surface area contributed by atoms with Crippen molar-refractivity contribution in [3.05, 3.63) is 65.2 Å². The average Bonchev–Trinajstić information content (AvgIpc) is 2.40. The molecule has 0 heterocycles. The lowest BCUT2D eigenvalue weighted by atomic mass is 9.90. The van der Waals surface area contributed by atoms with E-state index in [1.165, 1.54) is 17.5 Å². The summed E-state index contributed by atoms with van der Waals surface area (Å²) in [6.07, 6.45) is 1.23. The zero-order valence-electron chi connectivity index (χ0n) is 12.4. The first-order valence-electron chi connectivity index (χ1n) is 6.86. The molecule has 0 amide bonds. The lowest BCUT2D eigenvalue weighted by Crippen LogP contribution is -1.97. The van der Waals surface area contributed by atoms with Crippen molar-refractivity contribution >= 4 is 0 Å². The molecule has 0 aliphatic carbocycles. The molecule has 2 rings (SSSR count). The lowest BCUT2D eigenvalue weighted by Gasteiger charge is -2.15. The van der Waals surface area contributed by atoms with E-state index in [1.807, 2.05) is 6.07 Å². The second kappa shape index (κ2) is 7.63. The van der Waals surface area contributed by atoms with Crippen LogP contribution in [0.1, 0.15) is 42.9 Å². The van der Waals surface area contributed by atoms with Gasteiger partial charge in [-0.2, -0.15) is 0 Å². The van der Waals surface area contributed by atoms with E-state index in [4.69, 9.17) is 5.11 Å². The molecule has 1 nitrogen and oxygen atoms in total. The van der Waals surface area contributed by atoms with Gasteiger partial charge in [-0.15, -0.1) is 0 Å². The van der Waals surface area contributed by atoms with E-state index >= 15 is 0 Å². The minimum Gasteiger partial charge on any atom is -0.508 e. The Morgan fingerprint density at radius 2 is 1.42 bits per heavy atom. The molecule has 1 heteroatoms. The van der Waals surface area contributed by atoms with Crippen LogP contribution >= 0.6 is 0 Å². The summed E-state index contributed by atoms with van der Waals surface area (Å²) in [6.45, 7) is 8.95. The third-order valence-electron chi connectivity index (χ3n) is 3.40. The summed E-state index contributed by atoms with van der Waals surface area (Å²) in [4.78, 5) is 0. The monoisotopic (exact) mass is 256 g/mol. The summed E-state index contributed by atoms with van der Waals surface area (Å²) in [5.41, 5.74) is 4.41. The molecule has 0 radical (unpaired) electrons. The Bertz CT molecular complexity index is 468. The fourth-order valence-corrected chi connectivity index (χ4v) is 2.24. The van der Waals surface area contributed by atoms with Gasteiger partial charge in [0.05, 0.1) is 0 Å². The van der Waals surface area contributed by atoms with Crippen molar-refractivity contribution in [2.24, 2.45) is 0 Å². The number of hydrogen-bond donors (Lipinski definition) is 1. The van der Waals surface area contributed by atoms with Gasteiger partial charge in [0.25, 0.3) is 0 Å². The maximum atomic E-state index is 8.63. The molecular formula is C18H24O. The fourth-order valence-electron chi connectivity index (χ4n) is 2.24. The zero-order chi connectivity index (χ0) is 14.3. The van der Waals surface area contributed by atoms with Gasteiger partial charge in [0.2, 0.25) is 0 Å². The topological polar surface area (TPSA) is 20.2 Å². The van der Waals surface area contributed by atoms with Crippen LogP contribution in [0.5, 0.6) is 5.75 Å². The first kappa shape index (κ1) is 15.3. The Morgan fingerprint density at radius 1 is 0.895 bits per heavy atom. The number of phenols is 1. The number of hydrogen-bond acceptors (Lipinski definition) is 1. The normalized spacial score (nSPS) is 11.4. The molecule has 2 aromatic rings. The van der Waals surface area contributed by atoms with Crippen molar-refractivity contribution in [2.45, 2.75) is 40.0 Å². The van der Waals surface area contributed by atoms with Crippen molar-refractivity contribution in [3.8, 4) is 5.75 Å². The van der Waals surface area contributed by atoms with Crippen LogP contribution in [0, 0.1) is 13.8 Å². The van der Waals surface area contributed by atoms with Crippen LogP contribution < -0.4 is 0 Å². The van der Waals surface area contributed by atoms with E-state index in [-0.39, 0.29) is 0 Å². The summed E-state index contributed by atoms with van der Waals surface area (Å²) in [6, 6.07) is 15.3. The Balaban J connectivity index is 0.000000218. The molecule has 102 valence electrons. The van der Waals surface area contributed by atoms with Gasteiger partial charge in [-0.1, -0.05) is 50.2 Å². The highest BCUT2D eigenvalue weighted by atomic mass is 16.3. The van der Waals surface area contributed by atoms with Gasteiger partial charge in [0, 0.05) is 0 Å². The van der Waals surface area contributed by atoms with E-state index in [0.717, 1.165) is 0 Å². The summed E-state index contributed by atoms with van der Waals surface area (Å²) >= 11 is 0. The third kappa shape index (κ3) is 4.78. The molecule has 0 aliphatic rings. The minimum absolute atomic E-state index is 0.322. The molecule has 0 saturated heterocycles. The molecule has 19 heavy (non-hydrogen) atoms. The van der Waals surface area contributed by atoms with Crippen molar-refractivity contribution in [1.29, 1.82) is 0 Å². The van der Waals surface area contributed by atoms with E-state index < -0.39 is 0 Å². The second-order valence-electron chi connectivity index (χ2n) is 4.95. The predicted octanol–water partition coefficient (Wildman–Crippen LogP) is 5.21. The smallest absolute Gasteiger partial charge is 0.115 e. The van der Waals surface area contributed by atoms with Crippen molar-refractivity contribution < 1.29 is 5.11 Å². The predicted molar refractivity (Wildman–Crippen MR) is 82.7 cm³/mol. The third-order valence-corrected chi connectivity index (χ3v) is 3.40. The molecule has 1 atom stereocenters. The largest absolute Gasteiger partial charge is 0.508 e. The molecule has 0 aromatic heterocycles. The zero-order valence-corrected chi connectivity index (χ0v) is 12.4. The maximum absolute atomic E-state index is 8.63. The standard InChI is InChI=1S/C12H18.C6H6O/c1-5-9(2)12-10(3)7-6-8-11(12)4;7-6-4-2-1-3-5-6/h6-9H,5H2,1-4H3;1-5,7H. The van der Waals surface area contributed by atoms with Gasteiger partial charge in [-0.05, 0) is 55.0 Å². The van der Waals surface area contributed by atoms with Crippen molar-refractivity contribution in [2.75, 3.05) is 0 Å². The summed E-state index contributed by atoms with van der Waals surface area (Å²) in [5.74, 6) is 1.02. The van der Waals surface area contributed by atoms with Gasteiger partial charge in [0.1, 0.15) is 5.75 Å². The number of para-hydroxylation sites is 1. The number of phenolic OH excluding ortho intramolecular Hbond substituents is 1. The lowest BCUT2D eigenvalue weighted by molar-refractivity contribution is 0.475. The summed E-state index contributed by atoms with van der Waals surface area (Å²) in [5, 5.41) is 8.63. The van der Waals surface area contributed by atoms with Crippen LogP contribution in [-0.4, -0.2) is 5.11 Å². The minimum atomic E-state index is 0.322. The molecule has 0 spiro atoms. The quantitative estimate of drug-likeness (QED) is 0.782. The van der Waals surface area contributed by atoms with E-state index in [9.17, 15) is 0 Å². The van der Waals surface area contributed by atoms with Crippen LogP contribution in [0.15, 0.2) is 48.5 Å². The van der Waals surface area contributed by atoms with E-state index in [2.05, 4.69) is 45.9 Å². The van der Waals surface area contributed by atoms with E-state index in [0.29, 0.717) is 11.7 Å². The summed E-state index contributed by atoms with van der Waals surface area (Å²) < 4.78 is 0. The molecule has 0 bridgehead atoms. The van der Waals surface area contributed by atoms with E-state index in [1.54, 1.807) is 29.8 Å². The molecular weight excluding hydrogens is 232 g/mol. The van der Waals surface area contributed by atoms with Gasteiger partial charge >= 0.3 is 0 Å². The van der Waals surface area contributed by atoms with Gasteiger partial charge in [-0.25, -0.2) is 0 Å². The average molecular weight is 256 g/mol. The van der Waals surface area contributed by atoms with Crippen molar-refractivity contribution in [1.82, 2.24) is 0 Å². The molecule has 0 aliphatic heterocycles. The molecule has 2 aromatic carbocycles. The number of aryl methyl sites for hydroxylation is 2. The highest BCUT2D eigenvalue weighted by Crippen LogP contribution is 2.25. The summed E-state index contributed by atoms with van der Waals surface area (Å²) in [7, 11) is 0. The maximum Gasteiger partial charge on any atom is 0.115 e. The first-order chi connectivity index (χ1) is 9.06. The number of rotatable bonds is 2. The highest BCUT2D eigenvalue weighted by Gasteiger charge is 2.07. The molecule has 1 unspecified atom stereocenters. The SMILES string of the molecule is CCC(C)c1c(C)cccc1C.Oc1ccccc1. The van der Waals surface area contributed by atoms with Crippen LogP contribution in [0.3, 0.4) is 0 Å². The number of aromatic hydroxyl groups is 1. The molecule has 0 fully saturated rings. The van der Waals surface area contributed by atoms with Gasteiger partial charge in [0.15, 0.2) is 0 Å². The fraction of sp³-hybridized carbons (Fsp3) is 0.333. The van der Waals surface area contributed by atoms with Crippen LogP contribution in [0.2, 0.25) is 0 Å². The Labute approximate surface area is 116 Å². The van der Waals surface area contributed by atoms with Gasteiger partial charge in [-0.3, -0.25) is 0 Å². The molecule has 0 saturated carbocycles. The highest BCUT2D eigenvalue weighted by molar-refractivity contribution is 5.35. The van der Waals surface area contributed by atoms with Crippen LogP contribution in [-0.2, 0) is 0 Å². The molecule has 1 N–H and O–H groups in total. The first-order valence-corrected chi connectivity index (χ1v) is 6.86. The second-order valence-corrected chi connectivity index (χ2v) is 4.95. The Kier molecular flexibility index (Phi) is 6.14. The van der Waals surface area contributed by atoms with Gasteiger partial charge < -0.3 is 5.11 Å².